The second-order valence-corrected chi connectivity index (χ2v) is 7.02. The van der Waals surface area contributed by atoms with E-state index in [2.05, 4.69) is 15.3 Å². The number of aromatic nitrogens is 2. The first-order valence-corrected chi connectivity index (χ1v) is 9.15. The molecule has 2 heterocycles. The first-order chi connectivity index (χ1) is 13.5. The maximum atomic E-state index is 11.0. The van der Waals surface area contributed by atoms with E-state index in [4.69, 9.17) is 11.6 Å². The third-order valence-electron chi connectivity index (χ3n) is 4.58. The summed E-state index contributed by atoms with van der Waals surface area (Å²) in [5, 5.41) is 25.8. The van der Waals surface area contributed by atoms with Crippen LogP contribution in [0.5, 0.6) is 11.5 Å². The highest BCUT2D eigenvalue weighted by atomic mass is 35.5. The van der Waals surface area contributed by atoms with Gasteiger partial charge in [-0.3, -0.25) is 4.98 Å². The van der Waals surface area contributed by atoms with Crippen molar-refractivity contribution < 1.29 is 10.2 Å². The van der Waals surface area contributed by atoms with Crippen LogP contribution < -0.4 is 5.32 Å². The van der Waals surface area contributed by atoms with E-state index in [1.807, 2.05) is 37.3 Å². The number of nitrogens with one attached hydrogen (secondary N) is 1. The molecule has 0 amide bonds. The van der Waals surface area contributed by atoms with Crippen LogP contribution in [0.25, 0.3) is 10.9 Å². The molecule has 0 aliphatic carbocycles. The van der Waals surface area contributed by atoms with Gasteiger partial charge < -0.3 is 15.5 Å². The fraction of sp³-hybridized carbons (Fsp3) is 0.0909. The highest BCUT2D eigenvalue weighted by Gasteiger charge is 2.21. The highest BCUT2D eigenvalue weighted by molar-refractivity contribution is 6.30. The topological polar surface area (TPSA) is 78.3 Å². The number of halogens is 1. The number of aromatic hydroxyl groups is 2. The number of aryl methyl sites for hydroxylation is 1. The molecule has 4 rings (SSSR count). The lowest BCUT2D eigenvalue weighted by Gasteiger charge is -2.22. The number of hydrogen-bond acceptors (Lipinski definition) is 5. The summed E-state index contributed by atoms with van der Waals surface area (Å²) < 4.78 is 0. The number of anilines is 1. The van der Waals surface area contributed by atoms with Crippen molar-refractivity contribution in [1.82, 2.24) is 9.97 Å². The van der Waals surface area contributed by atoms with Gasteiger partial charge in [-0.1, -0.05) is 35.9 Å². The van der Waals surface area contributed by atoms with Gasteiger partial charge in [0.1, 0.15) is 11.3 Å². The van der Waals surface area contributed by atoms with Crippen LogP contribution >= 0.6 is 11.6 Å². The van der Waals surface area contributed by atoms with E-state index < -0.39 is 6.04 Å². The monoisotopic (exact) mass is 391 g/mol. The van der Waals surface area contributed by atoms with Gasteiger partial charge in [-0.05, 0) is 48.4 Å². The van der Waals surface area contributed by atoms with E-state index in [0.29, 0.717) is 21.9 Å². The van der Waals surface area contributed by atoms with Crippen molar-refractivity contribution in [3.8, 4) is 11.5 Å². The minimum Gasteiger partial charge on any atom is -0.505 e. The predicted octanol–water partition coefficient (Wildman–Crippen LogP) is 5.20. The van der Waals surface area contributed by atoms with E-state index in [1.165, 1.54) is 0 Å². The third-order valence-corrected chi connectivity index (χ3v) is 4.83. The molecule has 5 nitrogen and oxygen atoms in total. The SMILES string of the molecule is Cc1cnc2c(O)c(C(Nc3ncccc3O)c3ccc(Cl)cc3)ccc2c1. The Labute approximate surface area is 167 Å². The Bertz CT molecular complexity index is 1150. The average molecular weight is 392 g/mol. The van der Waals surface area contributed by atoms with E-state index in [1.54, 1.807) is 36.7 Å². The molecule has 2 aromatic heterocycles. The number of benzene rings is 2. The Morgan fingerprint density at radius 3 is 2.54 bits per heavy atom. The molecule has 0 radical (unpaired) electrons. The van der Waals surface area contributed by atoms with Crippen molar-refractivity contribution in [2.75, 3.05) is 5.32 Å². The fourth-order valence-corrected chi connectivity index (χ4v) is 3.31. The molecule has 1 unspecified atom stereocenters. The molecule has 0 fully saturated rings. The number of phenolic OH excluding ortho intramolecular Hbond substituents is 1. The molecule has 0 saturated heterocycles. The van der Waals surface area contributed by atoms with Crippen LogP contribution in [-0.2, 0) is 0 Å². The van der Waals surface area contributed by atoms with E-state index >= 15 is 0 Å². The van der Waals surface area contributed by atoms with Crippen LogP contribution in [0, 0.1) is 6.92 Å². The number of fused-ring (bicyclic) bond motifs is 1. The summed E-state index contributed by atoms with van der Waals surface area (Å²) in [6, 6.07) is 15.8. The van der Waals surface area contributed by atoms with Crippen LogP contribution in [0.15, 0.2) is 67.0 Å². The maximum absolute atomic E-state index is 11.0. The van der Waals surface area contributed by atoms with E-state index in [-0.39, 0.29) is 11.5 Å². The second kappa shape index (κ2) is 7.37. The molecule has 1 atom stereocenters. The summed E-state index contributed by atoms with van der Waals surface area (Å²) in [5.41, 5.74) is 3.02. The van der Waals surface area contributed by atoms with Gasteiger partial charge in [0.25, 0.3) is 0 Å². The van der Waals surface area contributed by atoms with Crippen molar-refractivity contribution in [1.29, 1.82) is 0 Å². The Kier molecular flexibility index (Phi) is 4.75. The summed E-state index contributed by atoms with van der Waals surface area (Å²) in [7, 11) is 0. The fourth-order valence-electron chi connectivity index (χ4n) is 3.19. The van der Waals surface area contributed by atoms with Crippen LogP contribution in [0.4, 0.5) is 5.82 Å². The molecule has 6 heteroatoms. The largest absolute Gasteiger partial charge is 0.505 e. The lowest BCUT2D eigenvalue weighted by atomic mass is 9.96. The quantitative estimate of drug-likeness (QED) is 0.445. The summed E-state index contributed by atoms with van der Waals surface area (Å²) in [5.74, 6) is 0.426. The number of rotatable bonds is 4. The van der Waals surface area contributed by atoms with Crippen LogP contribution in [-0.4, -0.2) is 20.2 Å². The van der Waals surface area contributed by atoms with Crippen molar-refractivity contribution in [2.24, 2.45) is 0 Å². The Morgan fingerprint density at radius 2 is 1.79 bits per heavy atom. The minimum absolute atomic E-state index is 0.0236. The normalized spacial score (nSPS) is 12.1. The molecule has 28 heavy (non-hydrogen) atoms. The molecule has 3 N–H and O–H groups in total. The predicted molar refractivity (Wildman–Crippen MR) is 111 cm³/mol. The molecule has 4 aromatic rings. The molecule has 0 aliphatic rings. The minimum atomic E-state index is -0.467. The van der Waals surface area contributed by atoms with Gasteiger partial charge in [0.05, 0.1) is 6.04 Å². The van der Waals surface area contributed by atoms with E-state index in [0.717, 1.165) is 16.5 Å². The Balaban J connectivity index is 1.86. The lowest BCUT2D eigenvalue weighted by Crippen LogP contribution is -2.14. The zero-order valence-electron chi connectivity index (χ0n) is 15.1. The standard InChI is InChI=1S/C22H18ClN3O2/c1-13-11-15-6-9-17(21(28)20(15)25-12-13)19(14-4-7-16(23)8-5-14)26-22-18(27)3-2-10-24-22/h2-12,19,27-28H,1H3,(H,24,26). The number of nitrogens with zero attached hydrogens (tertiary/aromatic N) is 2. The molecule has 0 aliphatic heterocycles. The summed E-state index contributed by atoms with van der Waals surface area (Å²) in [6.45, 7) is 1.96. The molecule has 0 spiro atoms. The number of pyridine rings is 2. The van der Waals surface area contributed by atoms with Gasteiger partial charge in [0.2, 0.25) is 0 Å². The van der Waals surface area contributed by atoms with Crippen molar-refractivity contribution in [2.45, 2.75) is 13.0 Å². The highest BCUT2D eigenvalue weighted by Crippen LogP contribution is 2.37. The van der Waals surface area contributed by atoms with Crippen LogP contribution in [0.1, 0.15) is 22.7 Å². The first kappa shape index (κ1) is 18.1. The van der Waals surface area contributed by atoms with Crippen molar-refractivity contribution in [3.63, 3.8) is 0 Å². The zero-order valence-corrected chi connectivity index (χ0v) is 15.9. The van der Waals surface area contributed by atoms with Gasteiger partial charge >= 0.3 is 0 Å². The molecular weight excluding hydrogens is 374 g/mol. The van der Waals surface area contributed by atoms with Gasteiger partial charge in [-0.2, -0.15) is 0 Å². The van der Waals surface area contributed by atoms with Crippen molar-refractivity contribution in [3.05, 3.63) is 88.7 Å². The van der Waals surface area contributed by atoms with Crippen LogP contribution in [0.2, 0.25) is 5.02 Å². The van der Waals surface area contributed by atoms with Crippen molar-refractivity contribution >= 4 is 28.3 Å². The maximum Gasteiger partial charge on any atom is 0.169 e. The average Bonchev–Trinajstić information content (AvgIpc) is 2.69. The first-order valence-electron chi connectivity index (χ1n) is 8.77. The number of hydrogen-bond donors (Lipinski definition) is 3. The number of phenols is 1. The molecule has 0 bridgehead atoms. The second-order valence-electron chi connectivity index (χ2n) is 6.59. The molecule has 2 aromatic carbocycles. The van der Waals surface area contributed by atoms with Gasteiger partial charge in [0.15, 0.2) is 11.6 Å². The molecular formula is C22H18ClN3O2. The van der Waals surface area contributed by atoms with E-state index in [9.17, 15) is 10.2 Å². The third kappa shape index (κ3) is 3.44. The zero-order chi connectivity index (χ0) is 19.7. The Morgan fingerprint density at radius 1 is 1.00 bits per heavy atom. The van der Waals surface area contributed by atoms with Crippen LogP contribution in [0.3, 0.4) is 0 Å². The lowest BCUT2D eigenvalue weighted by molar-refractivity contribution is 0.468. The van der Waals surface area contributed by atoms with Gasteiger partial charge in [-0.25, -0.2) is 4.98 Å². The molecule has 140 valence electrons. The van der Waals surface area contributed by atoms with Gasteiger partial charge in [0, 0.05) is 28.4 Å². The summed E-state index contributed by atoms with van der Waals surface area (Å²) in [6.07, 6.45) is 3.31. The smallest absolute Gasteiger partial charge is 0.169 e. The van der Waals surface area contributed by atoms with Gasteiger partial charge in [-0.15, -0.1) is 0 Å². The molecule has 0 saturated carbocycles. The summed E-state index contributed by atoms with van der Waals surface area (Å²) in [4.78, 5) is 8.60. The Hall–Kier alpha value is -3.31. The summed E-state index contributed by atoms with van der Waals surface area (Å²) >= 11 is 6.04.